The molecule has 1 unspecified atom stereocenters. The van der Waals surface area contributed by atoms with Gasteiger partial charge in [0.1, 0.15) is 0 Å². The Morgan fingerprint density at radius 3 is 3.07 bits per heavy atom. The molecule has 0 radical (unpaired) electrons. The molecule has 2 aliphatic heterocycles. The lowest BCUT2D eigenvalue weighted by molar-refractivity contribution is -0.115. The van der Waals surface area contributed by atoms with Crippen LogP contribution in [0.2, 0.25) is 0 Å². The van der Waals surface area contributed by atoms with Crippen LogP contribution in [-0.4, -0.2) is 32.2 Å². The number of hydrogen-bond donors (Lipinski definition) is 0. The van der Waals surface area contributed by atoms with Gasteiger partial charge in [0.2, 0.25) is 0 Å². The maximum absolute atomic E-state index is 11.6. The monoisotopic (exact) mass is 192 g/mol. The highest BCUT2D eigenvalue weighted by atomic mass is 16.5. The van der Waals surface area contributed by atoms with Crippen LogP contribution in [0, 0.1) is 5.92 Å². The van der Waals surface area contributed by atoms with Crippen LogP contribution < -0.4 is 0 Å². The fraction of sp³-hybridized carbons (Fsp3) is 0.545. The first-order valence-electron chi connectivity index (χ1n) is 4.96. The average Bonchev–Trinajstić information content (AvgIpc) is 2.72. The molecule has 3 aliphatic rings. The second-order valence-electron chi connectivity index (χ2n) is 4.05. The summed E-state index contributed by atoms with van der Waals surface area (Å²) in [5, 5.41) is 0. The summed E-state index contributed by atoms with van der Waals surface area (Å²) in [6.07, 6.45) is 2.37. The Hall–Kier alpha value is -0.930. The summed E-state index contributed by atoms with van der Waals surface area (Å²) in [6.45, 7) is 2.64. The number of ketones is 1. The summed E-state index contributed by atoms with van der Waals surface area (Å²) < 4.78 is 10.8. The van der Waals surface area contributed by atoms with Gasteiger partial charge >= 0.3 is 0 Å². The molecule has 0 aromatic heterocycles. The van der Waals surface area contributed by atoms with Gasteiger partial charge in [-0.2, -0.15) is 0 Å². The van der Waals surface area contributed by atoms with E-state index in [9.17, 15) is 4.79 Å². The van der Waals surface area contributed by atoms with Crippen molar-refractivity contribution in [1.29, 1.82) is 0 Å². The van der Waals surface area contributed by atoms with Crippen molar-refractivity contribution in [3.8, 4) is 0 Å². The lowest BCUT2D eigenvalue weighted by Crippen LogP contribution is -2.07. The number of ether oxygens (including phenoxy) is 2. The molecule has 14 heavy (non-hydrogen) atoms. The van der Waals surface area contributed by atoms with Crippen LogP contribution >= 0.6 is 0 Å². The van der Waals surface area contributed by atoms with Gasteiger partial charge in [-0.05, 0) is 22.8 Å². The highest BCUT2D eigenvalue weighted by Gasteiger charge is 2.32. The van der Waals surface area contributed by atoms with Crippen molar-refractivity contribution < 1.29 is 14.3 Å². The van der Waals surface area contributed by atoms with Gasteiger partial charge in [-0.1, -0.05) is 0 Å². The van der Waals surface area contributed by atoms with Gasteiger partial charge in [-0.15, -0.1) is 0 Å². The van der Waals surface area contributed by atoms with E-state index in [-0.39, 0.29) is 5.78 Å². The molecule has 0 aromatic rings. The third-order valence-corrected chi connectivity index (χ3v) is 3.13. The van der Waals surface area contributed by atoms with Crippen LogP contribution in [0.5, 0.6) is 0 Å². The van der Waals surface area contributed by atoms with Crippen LogP contribution in [0.4, 0.5) is 0 Å². The minimum atomic E-state index is 0.216. The van der Waals surface area contributed by atoms with Crippen molar-refractivity contribution in [2.24, 2.45) is 5.92 Å². The standard InChI is InChI=1S/C11H12O3/c12-9-1-7-3-13-5-10(7)11-6-14-4-8(11)2-9/h1,8H,2-6H2. The summed E-state index contributed by atoms with van der Waals surface area (Å²) >= 11 is 0. The van der Waals surface area contributed by atoms with Gasteiger partial charge in [0.25, 0.3) is 0 Å². The lowest BCUT2D eigenvalue weighted by atomic mass is 9.94. The molecule has 2 saturated heterocycles. The molecule has 2 heterocycles. The van der Waals surface area contributed by atoms with Crippen molar-refractivity contribution in [2.45, 2.75) is 6.42 Å². The summed E-state index contributed by atoms with van der Waals surface area (Å²) in [6, 6.07) is 0. The summed E-state index contributed by atoms with van der Waals surface area (Å²) in [5.41, 5.74) is 3.62. The van der Waals surface area contributed by atoms with E-state index in [1.807, 2.05) is 0 Å². The molecule has 1 aliphatic carbocycles. The lowest BCUT2D eigenvalue weighted by Gasteiger charge is -2.07. The highest BCUT2D eigenvalue weighted by Crippen LogP contribution is 2.35. The molecule has 74 valence electrons. The number of hydrogen-bond acceptors (Lipinski definition) is 3. The molecule has 3 nitrogen and oxygen atoms in total. The normalized spacial score (nSPS) is 31.3. The fourth-order valence-electron chi connectivity index (χ4n) is 2.41. The van der Waals surface area contributed by atoms with Gasteiger partial charge in [-0.3, -0.25) is 4.79 Å². The minimum absolute atomic E-state index is 0.216. The zero-order chi connectivity index (χ0) is 9.54. The average molecular weight is 192 g/mol. The largest absolute Gasteiger partial charge is 0.376 e. The van der Waals surface area contributed by atoms with Crippen molar-refractivity contribution in [3.63, 3.8) is 0 Å². The van der Waals surface area contributed by atoms with Crippen LogP contribution in [0.25, 0.3) is 0 Å². The molecular formula is C11H12O3. The van der Waals surface area contributed by atoms with E-state index in [0.717, 1.165) is 5.57 Å². The highest BCUT2D eigenvalue weighted by molar-refractivity contribution is 5.92. The van der Waals surface area contributed by atoms with E-state index in [2.05, 4.69) is 0 Å². The molecule has 0 bridgehead atoms. The molecule has 3 heteroatoms. The summed E-state index contributed by atoms with van der Waals surface area (Å²) in [7, 11) is 0. The fourth-order valence-corrected chi connectivity index (χ4v) is 2.41. The van der Waals surface area contributed by atoms with E-state index in [0.29, 0.717) is 38.8 Å². The van der Waals surface area contributed by atoms with Crippen LogP contribution in [0.15, 0.2) is 22.8 Å². The van der Waals surface area contributed by atoms with Crippen LogP contribution in [0.3, 0.4) is 0 Å². The van der Waals surface area contributed by atoms with Gasteiger partial charge < -0.3 is 9.47 Å². The third kappa shape index (κ3) is 1.16. The van der Waals surface area contributed by atoms with Crippen molar-refractivity contribution in [3.05, 3.63) is 22.8 Å². The Kier molecular flexibility index (Phi) is 1.82. The minimum Gasteiger partial charge on any atom is -0.376 e. The summed E-state index contributed by atoms with van der Waals surface area (Å²) in [5.74, 6) is 0.529. The summed E-state index contributed by atoms with van der Waals surface area (Å²) in [4.78, 5) is 11.6. The van der Waals surface area contributed by atoms with Crippen molar-refractivity contribution >= 4 is 5.78 Å². The van der Waals surface area contributed by atoms with Crippen LogP contribution in [0.1, 0.15) is 6.42 Å². The van der Waals surface area contributed by atoms with Gasteiger partial charge in [0, 0.05) is 12.3 Å². The zero-order valence-electron chi connectivity index (χ0n) is 7.91. The van der Waals surface area contributed by atoms with Crippen molar-refractivity contribution in [2.75, 3.05) is 26.4 Å². The number of fused-ring (bicyclic) bond motifs is 2. The first-order valence-corrected chi connectivity index (χ1v) is 4.96. The third-order valence-electron chi connectivity index (χ3n) is 3.13. The van der Waals surface area contributed by atoms with Gasteiger partial charge in [-0.25, -0.2) is 0 Å². The zero-order valence-corrected chi connectivity index (χ0v) is 7.91. The predicted molar refractivity (Wildman–Crippen MR) is 49.9 cm³/mol. The first-order chi connectivity index (χ1) is 6.84. The molecule has 0 saturated carbocycles. The smallest absolute Gasteiger partial charge is 0.156 e. The van der Waals surface area contributed by atoms with E-state index in [4.69, 9.17) is 9.47 Å². The molecular weight excluding hydrogens is 180 g/mol. The van der Waals surface area contributed by atoms with Crippen molar-refractivity contribution in [1.82, 2.24) is 0 Å². The number of carbonyl (C=O) groups excluding carboxylic acids is 1. The first kappa shape index (κ1) is 8.38. The molecule has 0 amide bonds. The van der Waals surface area contributed by atoms with E-state index in [1.54, 1.807) is 6.08 Å². The SMILES string of the molecule is O=C1C=C2COCC2=C2COCC2C1. The number of rotatable bonds is 0. The second kappa shape index (κ2) is 3.04. The topological polar surface area (TPSA) is 35.5 Å². The Morgan fingerprint density at radius 1 is 1.21 bits per heavy atom. The quantitative estimate of drug-likeness (QED) is 0.571. The molecule has 0 N–H and O–H groups in total. The number of carbonyl (C=O) groups is 1. The molecule has 2 fully saturated rings. The van der Waals surface area contributed by atoms with Gasteiger partial charge in [0.05, 0.1) is 26.4 Å². The predicted octanol–water partition coefficient (Wildman–Crippen LogP) is 0.859. The Labute approximate surface area is 82.4 Å². The Morgan fingerprint density at radius 2 is 2.14 bits per heavy atom. The van der Waals surface area contributed by atoms with E-state index in [1.165, 1.54) is 11.1 Å². The van der Waals surface area contributed by atoms with Crippen LogP contribution in [-0.2, 0) is 14.3 Å². The molecule has 3 rings (SSSR count). The second-order valence-corrected chi connectivity index (χ2v) is 4.05. The molecule has 0 aromatic carbocycles. The molecule has 0 spiro atoms. The Bertz CT molecular complexity index is 352. The van der Waals surface area contributed by atoms with Gasteiger partial charge in [0.15, 0.2) is 5.78 Å². The Balaban J connectivity index is 2.09. The molecule has 1 atom stereocenters. The van der Waals surface area contributed by atoms with E-state index >= 15 is 0 Å². The maximum atomic E-state index is 11.6. The maximum Gasteiger partial charge on any atom is 0.156 e. The number of allylic oxidation sites excluding steroid dienone is 1. The van der Waals surface area contributed by atoms with E-state index < -0.39 is 0 Å².